The number of carbonyl (C=O) groups is 1. The normalized spacial score (nSPS) is 13.9. The third-order valence-corrected chi connectivity index (χ3v) is 3.52. The number of hydrogen-bond donors (Lipinski definition) is 0. The molecule has 0 aromatic heterocycles. The van der Waals surface area contributed by atoms with Crippen molar-refractivity contribution in [1.29, 1.82) is 0 Å². The van der Waals surface area contributed by atoms with Gasteiger partial charge in [-0.2, -0.15) is 0 Å². The minimum atomic E-state index is -0.0421. The Balaban J connectivity index is 0.00000161. The van der Waals surface area contributed by atoms with E-state index in [0.29, 0.717) is 5.02 Å². The number of anilines is 1. The molecule has 21 heavy (non-hydrogen) atoms. The van der Waals surface area contributed by atoms with Gasteiger partial charge in [-0.1, -0.05) is 11.6 Å². The van der Waals surface area contributed by atoms with E-state index in [1.165, 1.54) is 0 Å². The Morgan fingerprint density at radius 2 is 2.10 bits per heavy atom. The third kappa shape index (κ3) is 3.08. The van der Waals surface area contributed by atoms with Crippen LogP contribution in [0, 0.1) is 6.07 Å². The number of aliphatic imine (C=N–C) groups is 1. The molecule has 5 heteroatoms. The summed E-state index contributed by atoms with van der Waals surface area (Å²) in [4.78, 5) is 18.1. The Kier molecular flexibility index (Phi) is 4.94. The number of hydrogen-bond acceptors (Lipinski definition) is 2. The number of rotatable bonds is 1. The average molecular weight is 476 g/mol. The van der Waals surface area contributed by atoms with Gasteiger partial charge in [-0.25, -0.2) is 0 Å². The van der Waals surface area contributed by atoms with Crippen molar-refractivity contribution < 1.29 is 24.9 Å². The molecule has 109 valence electrons. The summed E-state index contributed by atoms with van der Waals surface area (Å²) in [5.74, 6) is -0.0421. The second kappa shape index (κ2) is 6.52. The molecule has 0 bridgehead atoms. The zero-order chi connectivity index (χ0) is 14.1. The van der Waals surface area contributed by atoms with Crippen LogP contribution in [0.25, 0.3) is 0 Å². The van der Waals surface area contributed by atoms with E-state index in [0.717, 1.165) is 22.5 Å². The zero-order valence-corrected chi connectivity index (χ0v) is 14.4. The van der Waals surface area contributed by atoms with Gasteiger partial charge in [-0.05, 0) is 29.5 Å². The monoisotopic (exact) mass is 476 g/mol. The fraction of sp³-hybridized carbons (Fsp3) is 0.125. The molecule has 1 radical (unpaired) electrons. The molecule has 1 aliphatic rings. The predicted octanol–water partition coefficient (Wildman–Crippen LogP) is 2.95. The number of benzene rings is 2. The molecule has 0 aliphatic carbocycles. The Morgan fingerprint density at radius 3 is 2.81 bits per heavy atom. The minimum absolute atomic E-state index is 0. The Bertz CT molecular complexity index is 701. The maximum atomic E-state index is 12.0. The van der Waals surface area contributed by atoms with E-state index in [1.54, 1.807) is 18.0 Å². The van der Waals surface area contributed by atoms with Crippen molar-refractivity contribution in [2.24, 2.45) is 4.99 Å². The standard InChI is InChI=1S/C16H12ClN2O.Ir/c1-19-14-8-7-12(17)9-13(14)16(18-10-15(19)20)11-5-3-2-4-6-11;/h2-5,7-9H,10H2,1H3;/q-1;. The molecule has 1 heterocycles. The second-order valence-corrected chi connectivity index (χ2v) is 4.99. The molecule has 0 unspecified atom stereocenters. The van der Waals surface area contributed by atoms with Gasteiger partial charge in [-0.3, -0.25) is 4.79 Å². The predicted molar refractivity (Wildman–Crippen MR) is 80.6 cm³/mol. The molecule has 1 aliphatic heterocycles. The van der Waals surface area contributed by atoms with Gasteiger partial charge >= 0.3 is 0 Å². The van der Waals surface area contributed by atoms with Crippen LogP contribution < -0.4 is 4.90 Å². The van der Waals surface area contributed by atoms with Crippen molar-refractivity contribution in [3.63, 3.8) is 0 Å². The fourth-order valence-electron chi connectivity index (χ4n) is 2.23. The van der Waals surface area contributed by atoms with Crippen LogP contribution in [0.3, 0.4) is 0 Å². The van der Waals surface area contributed by atoms with Crippen molar-refractivity contribution in [3.8, 4) is 0 Å². The van der Waals surface area contributed by atoms with Crippen molar-refractivity contribution >= 4 is 28.9 Å². The average Bonchev–Trinajstić information content (AvgIpc) is 2.58. The quantitative estimate of drug-likeness (QED) is 0.584. The van der Waals surface area contributed by atoms with Gasteiger partial charge in [0.15, 0.2) is 0 Å². The number of fused-ring (bicyclic) bond motifs is 1. The van der Waals surface area contributed by atoms with Gasteiger partial charge in [0.2, 0.25) is 5.91 Å². The molecular weight excluding hydrogens is 464 g/mol. The maximum absolute atomic E-state index is 12.0. The maximum Gasteiger partial charge on any atom is 0.247 e. The van der Waals surface area contributed by atoms with Crippen LogP contribution in [-0.2, 0) is 24.9 Å². The second-order valence-electron chi connectivity index (χ2n) is 4.56. The van der Waals surface area contributed by atoms with Crippen molar-refractivity contribution in [2.75, 3.05) is 18.5 Å². The van der Waals surface area contributed by atoms with Crippen molar-refractivity contribution in [1.82, 2.24) is 0 Å². The molecule has 2 aromatic carbocycles. The Hall–Kier alpha value is -1.48. The molecule has 0 saturated heterocycles. The summed E-state index contributed by atoms with van der Waals surface area (Å²) in [6.45, 7) is 0.126. The Labute approximate surface area is 142 Å². The van der Waals surface area contributed by atoms with E-state index in [1.807, 2.05) is 36.4 Å². The number of amides is 1. The first-order valence-corrected chi connectivity index (χ1v) is 6.62. The van der Waals surface area contributed by atoms with Gasteiger partial charge in [-0.15, -0.1) is 35.9 Å². The van der Waals surface area contributed by atoms with E-state index >= 15 is 0 Å². The van der Waals surface area contributed by atoms with E-state index in [-0.39, 0.29) is 32.6 Å². The van der Waals surface area contributed by atoms with E-state index in [2.05, 4.69) is 11.1 Å². The van der Waals surface area contributed by atoms with Crippen LogP contribution in [-0.4, -0.2) is 25.2 Å². The molecule has 0 spiro atoms. The van der Waals surface area contributed by atoms with Crippen LogP contribution >= 0.6 is 11.6 Å². The van der Waals surface area contributed by atoms with Crippen LogP contribution in [0.2, 0.25) is 5.02 Å². The first-order chi connectivity index (χ1) is 9.66. The molecule has 0 atom stereocenters. The third-order valence-electron chi connectivity index (χ3n) is 3.29. The summed E-state index contributed by atoms with van der Waals surface area (Å²) < 4.78 is 0. The summed E-state index contributed by atoms with van der Waals surface area (Å²) in [5, 5.41) is 0.620. The Morgan fingerprint density at radius 1 is 1.29 bits per heavy atom. The van der Waals surface area contributed by atoms with E-state index in [9.17, 15) is 4.79 Å². The number of benzodiazepines with no additional fused rings is 1. The number of nitrogens with zero attached hydrogens (tertiary/aromatic N) is 2. The number of carbonyl (C=O) groups excluding carboxylic acids is 1. The first kappa shape index (κ1) is 15.9. The first-order valence-electron chi connectivity index (χ1n) is 6.25. The van der Waals surface area contributed by atoms with Gasteiger partial charge in [0.1, 0.15) is 6.54 Å². The molecule has 0 N–H and O–H groups in total. The smallest absolute Gasteiger partial charge is 0.247 e. The van der Waals surface area contributed by atoms with Crippen molar-refractivity contribution in [3.05, 3.63) is 64.7 Å². The molecule has 1 amide bonds. The molecule has 0 saturated carbocycles. The summed E-state index contributed by atoms with van der Waals surface area (Å²) in [5.41, 5.74) is 3.28. The summed E-state index contributed by atoms with van der Waals surface area (Å²) in [6.07, 6.45) is 0. The van der Waals surface area contributed by atoms with Crippen LogP contribution in [0.4, 0.5) is 5.69 Å². The molecular formula is C16H12ClIrN2O-. The topological polar surface area (TPSA) is 32.7 Å². The van der Waals surface area contributed by atoms with Gasteiger partial charge in [0.05, 0.1) is 0 Å². The van der Waals surface area contributed by atoms with Gasteiger partial charge < -0.3 is 9.89 Å². The summed E-state index contributed by atoms with van der Waals surface area (Å²) >= 11 is 6.10. The van der Waals surface area contributed by atoms with E-state index in [4.69, 9.17) is 11.6 Å². The van der Waals surface area contributed by atoms with Crippen LogP contribution in [0.1, 0.15) is 11.1 Å². The van der Waals surface area contributed by atoms with Crippen LogP contribution in [0.15, 0.2) is 47.5 Å². The van der Waals surface area contributed by atoms with Gasteiger partial charge in [0.25, 0.3) is 0 Å². The summed E-state index contributed by atoms with van der Waals surface area (Å²) in [7, 11) is 1.75. The molecule has 0 fully saturated rings. The van der Waals surface area contributed by atoms with Crippen LogP contribution in [0.5, 0.6) is 0 Å². The molecule has 3 rings (SSSR count). The zero-order valence-electron chi connectivity index (χ0n) is 11.3. The SMILES string of the molecule is CN1C(=O)CN=C(c2[c-]cccc2)c2cc(Cl)ccc21.[Ir]. The summed E-state index contributed by atoms with van der Waals surface area (Å²) in [6, 6.07) is 16.2. The number of likely N-dealkylation sites (N-methyl/N-ethyl adjacent to an activating group) is 1. The fourth-order valence-corrected chi connectivity index (χ4v) is 2.41. The largest absolute Gasteiger partial charge is 0.322 e. The molecule has 2 aromatic rings. The molecule has 3 nitrogen and oxygen atoms in total. The minimum Gasteiger partial charge on any atom is -0.322 e. The van der Waals surface area contributed by atoms with E-state index < -0.39 is 0 Å². The van der Waals surface area contributed by atoms with Crippen molar-refractivity contribution in [2.45, 2.75) is 0 Å². The van der Waals surface area contributed by atoms with Gasteiger partial charge in [0, 0.05) is 37.9 Å². The number of halogens is 1.